The zero-order chi connectivity index (χ0) is 9.26. The first kappa shape index (κ1) is 8.36. The van der Waals surface area contributed by atoms with Crippen LogP contribution in [0.1, 0.15) is 31.2 Å². The summed E-state index contributed by atoms with van der Waals surface area (Å²) in [7, 11) is 0. The Bertz CT molecular complexity index is 312. The third-order valence-corrected chi connectivity index (χ3v) is 2.77. The molecule has 0 atom stereocenters. The Balaban J connectivity index is 2.06. The second-order valence-electron chi connectivity index (χ2n) is 3.70. The van der Waals surface area contributed by atoms with E-state index in [9.17, 15) is 5.11 Å². The van der Waals surface area contributed by atoms with Gasteiger partial charge in [0.25, 0.3) is 0 Å². The number of benzene rings is 1. The van der Waals surface area contributed by atoms with Gasteiger partial charge in [-0.2, -0.15) is 0 Å². The number of rotatable bonds is 1. The molecule has 1 heteroatoms. The normalized spacial score (nSPS) is 21.0. The Morgan fingerprint density at radius 2 is 1.85 bits per heavy atom. The Morgan fingerprint density at radius 1 is 1.23 bits per heavy atom. The van der Waals surface area contributed by atoms with Crippen LogP contribution in [0.2, 0.25) is 0 Å². The van der Waals surface area contributed by atoms with Gasteiger partial charge >= 0.3 is 0 Å². The molecule has 1 aliphatic carbocycles. The van der Waals surface area contributed by atoms with Crippen molar-refractivity contribution in [3.8, 4) is 0 Å². The molecule has 68 valence electrons. The fraction of sp³-hybridized carbons (Fsp3) is 0.333. The average Bonchev–Trinajstić information content (AvgIpc) is 2.02. The summed E-state index contributed by atoms with van der Waals surface area (Å²) in [5.74, 6) is 1.16. The fourth-order valence-corrected chi connectivity index (χ4v) is 1.79. The zero-order valence-corrected chi connectivity index (χ0v) is 7.83. The maximum absolute atomic E-state index is 9.22. The van der Waals surface area contributed by atoms with E-state index in [1.807, 2.05) is 6.07 Å². The molecule has 1 saturated carbocycles. The summed E-state index contributed by atoms with van der Waals surface area (Å²) in [5, 5.41) is 9.22. The minimum atomic E-state index is 0.521. The van der Waals surface area contributed by atoms with Crippen molar-refractivity contribution in [2.45, 2.75) is 25.7 Å². The zero-order valence-electron chi connectivity index (χ0n) is 7.83. The highest BCUT2D eigenvalue weighted by molar-refractivity contribution is 5.30. The molecule has 2 rings (SSSR count). The monoisotopic (exact) mass is 174 g/mol. The Labute approximate surface area is 78.7 Å². The van der Waals surface area contributed by atoms with Crippen molar-refractivity contribution in [3.05, 3.63) is 47.2 Å². The van der Waals surface area contributed by atoms with Crippen molar-refractivity contribution >= 4 is 0 Å². The summed E-state index contributed by atoms with van der Waals surface area (Å²) in [6, 6.07) is 10.5. The van der Waals surface area contributed by atoms with Crippen molar-refractivity contribution in [1.29, 1.82) is 0 Å². The number of allylic oxidation sites excluding steroid dienone is 2. The first-order valence-corrected chi connectivity index (χ1v) is 4.70. The SMILES string of the molecule is CC(O)=C1CC(c2ccccc2)C1. The van der Waals surface area contributed by atoms with Gasteiger partial charge in [-0.05, 0) is 36.8 Å². The number of hydrogen-bond donors (Lipinski definition) is 1. The molecule has 1 aromatic carbocycles. The van der Waals surface area contributed by atoms with Gasteiger partial charge in [-0.25, -0.2) is 0 Å². The van der Waals surface area contributed by atoms with Crippen LogP contribution in [-0.2, 0) is 0 Å². The lowest BCUT2D eigenvalue weighted by molar-refractivity contribution is 0.379. The highest BCUT2D eigenvalue weighted by Gasteiger charge is 2.25. The molecule has 1 nitrogen and oxygen atoms in total. The molecule has 0 radical (unpaired) electrons. The molecule has 0 saturated heterocycles. The summed E-state index contributed by atoms with van der Waals surface area (Å²) < 4.78 is 0. The Hall–Kier alpha value is -1.24. The van der Waals surface area contributed by atoms with E-state index >= 15 is 0 Å². The molecule has 0 bridgehead atoms. The molecule has 0 aliphatic heterocycles. The lowest BCUT2D eigenvalue weighted by atomic mass is 9.75. The molecular formula is C12H14O. The lowest BCUT2D eigenvalue weighted by Crippen LogP contribution is -2.14. The van der Waals surface area contributed by atoms with Crippen molar-refractivity contribution in [3.63, 3.8) is 0 Å². The van der Waals surface area contributed by atoms with E-state index in [4.69, 9.17) is 0 Å². The van der Waals surface area contributed by atoms with Crippen LogP contribution in [0.15, 0.2) is 41.7 Å². The van der Waals surface area contributed by atoms with Gasteiger partial charge in [-0.1, -0.05) is 30.3 Å². The van der Waals surface area contributed by atoms with Crippen LogP contribution in [0.4, 0.5) is 0 Å². The molecule has 1 fully saturated rings. The summed E-state index contributed by atoms with van der Waals surface area (Å²) in [4.78, 5) is 0. The molecular weight excluding hydrogens is 160 g/mol. The molecule has 0 spiro atoms. The van der Waals surface area contributed by atoms with Gasteiger partial charge in [0, 0.05) is 0 Å². The predicted molar refractivity (Wildman–Crippen MR) is 53.7 cm³/mol. The Morgan fingerprint density at radius 3 is 2.38 bits per heavy atom. The van der Waals surface area contributed by atoms with Gasteiger partial charge in [-0.15, -0.1) is 0 Å². The highest BCUT2D eigenvalue weighted by atomic mass is 16.3. The maximum Gasteiger partial charge on any atom is 0.0884 e. The third kappa shape index (κ3) is 1.59. The fourth-order valence-electron chi connectivity index (χ4n) is 1.79. The van der Waals surface area contributed by atoms with E-state index < -0.39 is 0 Å². The largest absolute Gasteiger partial charge is 0.513 e. The summed E-state index contributed by atoms with van der Waals surface area (Å²) in [5.41, 5.74) is 2.61. The Kier molecular flexibility index (Phi) is 2.09. The smallest absolute Gasteiger partial charge is 0.0884 e. The van der Waals surface area contributed by atoms with Crippen LogP contribution in [0.3, 0.4) is 0 Å². The van der Waals surface area contributed by atoms with Gasteiger partial charge in [0.2, 0.25) is 0 Å². The molecule has 13 heavy (non-hydrogen) atoms. The van der Waals surface area contributed by atoms with Crippen LogP contribution >= 0.6 is 0 Å². The van der Waals surface area contributed by atoms with Gasteiger partial charge in [-0.3, -0.25) is 0 Å². The van der Waals surface area contributed by atoms with Crippen molar-refractivity contribution in [1.82, 2.24) is 0 Å². The van der Waals surface area contributed by atoms with E-state index in [2.05, 4.69) is 24.3 Å². The quantitative estimate of drug-likeness (QED) is 0.647. The molecule has 0 aromatic heterocycles. The summed E-state index contributed by atoms with van der Waals surface area (Å²) >= 11 is 0. The third-order valence-electron chi connectivity index (χ3n) is 2.77. The highest BCUT2D eigenvalue weighted by Crippen LogP contribution is 2.41. The van der Waals surface area contributed by atoms with Crippen molar-refractivity contribution in [2.24, 2.45) is 0 Å². The van der Waals surface area contributed by atoms with Crippen LogP contribution < -0.4 is 0 Å². The number of aliphatic hydroxyl groups is 1. The molecule has 1 aliphatic rings. The standard InChI is InChI=1S/C12H14O/c1-9(13)11-7-12(8-11)10-5-3-2-4-6-10/h2-6,12-13H,7-8H2,1H3. The van der Waals surface area contributed by atoms with Crippen molar-refractivity contribution in [2.75, 3.05) is 0 Å². The van der Waals surface area contributed by atoms with Gasteiger partial charge in [0.1, 0.15) is 0 Å². The topological polar surface area (TPSA) is 20.2 Å². The summed E-state index contributed by atoms with van der Waals surface area (Å²) in [6.45, 7) is 1.77. The molecule has 1 N–H and O–H groups in total. The average molecular weight is 174 g/mol. The molecule has 1 aromatic rings. The molecule has 0 unspecified atom stereocenters. The molecule has 0 heterocycles. The van der Waals surface area contributed by atoms with Gasteiger partial charge in [0.05, 0.1) is 5.76 Å². The first-order chi connectivity index (χ1) is 6.27. The first-order valence-electron chi connectivity index (χ1n) is 4.70. The lowest BCUT2D eigenvalue weighted by Gasteiger charge is -2.30. The van der Waals surface area contributed by atoms with E-state index in [-0.39, 0.29) is 0 Å². The van der Waals surface area contributed by atoms with Crippen LogP contribution in [0.25, 0.3) is 0 Å². The second-order valence-corrected chi connectivity index (χ2v) is 3.70. The van der Waals surface area contributed by atoms with E-state index in [0.717, 1.165) is 12.8 Å². The van der Waals surface area contributed by atoms with E-state index in [0.29, 0.717) is 11.7 Å². The summed E-state index contributed by atoms with van der Waals surface area (Å²) in [6.07, 6.45) is 2.07. The maximum atomic E-state index is 9.22. The minimum absolute atomic E-state index is 0.521. The van der Waals surface area contributed by atoms with Gasteiger partial charge < -0.3 is 5.11 Å². The molecule has 0 amide bonds. The minimum Gasteiger partial charge on any atom is -0.513 e. The van der Waals surface area contributed by atoms with Gasteiger partial charge in [0.15, 0.2) is 0 Å². The van der Waals surface area contributed by atoms with Crippen molar-refractivity contribution < 1.29 is 5.11 Å². The van der Waals surface area contributed by atoms with Crippen LogP contribution in [0, 0.1) is 0 Å². The van der Waals surface area contributed by atoms with Crippen LogP contribution in [0.5, 0.6) is 0 Å². The second kappa shape index (κ2) is 3.25. The van der Waals surface area contributed by atoms with E-state index in [1.165, 1.54) is 11.1 Å². The van der Waals surface area contributed by atoms with Crippen LogP contribution in [-0.4, -0.2) is 5.11 Å². The number of hydrogen-bond acceptors (Lipinski definition) is 1. The predicted octanol–water partition coefficient (Wildman–Crippen LogP) is 3.40. The van der Waals surface area contributed by atoms with E-state index in [1.54, 1.807) is 6.92 Å². The number of aliphatic hydroxyl groups excluding tert-OH is 1.